The number of aliphatic hydroxyl groups is 1. The largest absolute Gasteiger partial charge is 0.392 e. The number of rotatable bonds is 4. The van der Waals surface area contributed by atoms with Gasteiger partial charge in [-0.2, -0.15) is 0 Å². The average Bonchev–Trinajstić information content (AvgIpc) is 3.04. The molecule has 2 fully saturated rings. The van der Waals surface area contributed by atoms with Crippen LogP contribution in [0.1, 0.15) is 24.8 Å². The third-order valence-electron chi connectivity index (χ3n) is 4.38. The number of nitrogens with zero attached hydrogens (tertiary/aromatic N) is 1. The van der Waals surface area contributed by atoms with Gasteiger partial charge in [-0.15, -0.1) is 0 Å². The van der Waals surface area contributed by atoms with Crippen molar-refractivity contribution in [3.63, 3.8) is 0 Å². The molecule has 0 amide bonds. The van der Waals surface area contributed by atoms with E-state index in [0.717, 1.165) is 38.4 Å². The second kappa shape index (κ2) is 5.64. The molecule has 0 aliphatic carbocycles. The molecule has 0 radical (unpaired) electrons. The highest BCUT2D eigenvalue weighted by Crippen LogP contribution is 2.29. The van der Waals surface area contributed by atoms with E-state index < -0.39 is 15.8 Å². The summed E-state index contributed by atoms with van der Waals surface area (Å²) in [7, 11) is -3.91. The predicted octanol–water partition coefficient (Wildman–Crippen LogP) is 0.833. The molecule has 116 valence electrons. The quantitative estimate of drug-likeness (QED) is 0.864. The molecule has 0 spiro atoms. The van der Waals surface area contributed by atoms with Crippen molar-refractivity contribution >= 4 is 10.0 Å². The van der Waals surface area contributed by atoms with E-state index in [-0.39, 0.29) is 23.6 Å². The van der Waals surface area contributed by atoms with E-state index in [1.54, 1.807) is 0 Å². The highest BCUT2D eigenvalue weighted by molar-refractivity contribution is 7.89. The number of hydrogen-bond acceptors (Lipinski definition) is 4. The Bertz CT molecular complexity index is 635. The molecule has 2 atom stereocenters. The number of aliphatic hydroxyl groups excluding tert-OH is 1. The van der Waals surface area contributed by atoms with Gasteiger partial charge in [-0.1, -0.05) is 6.07 Å². The highest BCUT2D eigenvalue weighted by atomic mass is 32.2. The molecule has 7 heteroatoms. The summed E-state index contributed by atoms with van der Waals surface area (Å²) in [6.45, 7) is 1.58. The number of halogens is 1. The summed E-state index contributed by atoms with van der Waals surface area (Å²) in [6, 6.07) is 3.72. The summed E-state index contributed by atoms with van der Waals surface area (Å²) in [5.74, 6) is -0.791. The molecule has 2 unspecified atom stereocenters. The number of fused-ring (bicyclic) bond motifs is 1. The van der Waals surface area contributed by atoms with Gasteiger partial charge in [0.25, 0.3) is 0 Å². The van der Waals surface area contributed by atoms with Gasteiger partial charge in [-0.3, -0.25) is 4.90 Å². The Labute approximate surface area is 123 Å². The summed E-state index contributed by atoms with van der Waals surface area (Å²) in [5.41, 5.74) is 0.380. The van der Waals surface area contributed by atoms with Crippen LogP contribution in [-0.2, 0) is 16.6 Å². The third-order valence-corrected chi connectivity index (χ3v) is 5.89. The molecule has 2 N–H and O–H groups in total. The van der Waals surface area contributed by atoms with Crippen molar-refractivity contribution in [2.75, 3.05) is 13.1 Å². The molecule has 0 saturated carbocycles. The van der Waals surface area contributed by atoms with E-state index >= 15 is 0 Å². The van der Waals surface area contributed by atoms with Crippen LogP contribution in [-0.4, -0.2) is 43.6 Å². The lowest BCUT2D eigenvalue weighted by Gasteiger charge is -2.21. The molecular formula is C14H19FN2O3S. The maximum absolute atomic E-state index is 13.8. The molecule has 2 aliphatic heterocycles. The minimum absolute atomic E-state index is 0.158. The van der Waals surface area contributed by atoms with E-state index in [2.05, 4.69) is 9.62 Å². The number of benzene rings is 1. The molecule has 1 aromatic rings. The summed E-state index contributed by atoms with van der Waals surface area (Å²) in [4.78, 5) is 1.90. The summed E-state index contributed by atoms with van der Waals surface area (Å²) in [6.07, 6.45) is 2.81. The van der Waals surface area contributed by atoms with Crippen LogP contribution in [0.4, 0.5) is 4.39 Å². The molecular weight excluding hydrogens is 295 g/mol. The summed E-state index contributed by atoms with van der Waals surface area (Å²) >= 11 is 0. The normalized spacial score (nSPS) is 26.2. The SMILES string of the molecule is O=S(=O)(NC1CCN2CCCC12)c1cc(CO)ccc1F. The second-order valence-electron chi connectivity index (χ2n) is 5.68. The zero-order valence-corrected chi connectivity index (χ0v) is 12.4. The molecule has 0 bridgehead atoms. The van der Waals surface area contributed by atoms with Crippen LogP contribution in [0, 0.1) is 5.82 Å². The fraction of sp³-hybridized carbons (Fsp3) is 0.571. The maximum Gasteiger partial charge on any atom is 0.243 e. The van der Waals surface area contributed by atoms with E-state index in [1.165, 1.54) is 12.1 Å². The lowest BCUT2D eigenvalue weighted by molar-refractivity contribution is 0.281. The molecule has 0 aromatic heterocycles. The number of nitrogens with one attached hydrogen (secondary N) is 1. The van der Waals surface area contributed by atoms with Gasteiger partial charge in [0.2, 0.25) is 10.0 Å². The van der Waals surface area contributed by atoms with Gasteiger partial charge in [0.15, 0.2) is 0 Å². The number of sulfonamides is 1. The molecule has 2 aliphatic rings. The first-order valence-electron chi connectivity index (χ1n) is 7.17. The fourth-order valence-corrected chi connectivity index (χ4v) is 4.77. The van der Waals surface area contributed by atoms with Gasteiger partial charge in [0.1, 0.15) is 10.7 Å². The first-order valence-corrected chi connectivity index (χ1v) is 8.65. The fourth-order valence-electron chi connectivity index (χ4n) is 3.33. The van der Waals surface area contributed by atoms with Crippen LogP contribution in [0.25, 0.3) is 0 Å². The standard InChI is InChI=1S/C14H19FN2O3S/c15-11-4-3-10(9-18)8-14(11)21(19,20)16-12-5-7-17-6-1-2-13(12)17/h3-4,8,12-13,16,18H,1-2,5-7,9H2. The lowest BCUT2D eigenvalue weighted by Crippen LogP contribution is -2.42. The van der Waals surface area contributed by atoms with Crippen LogP contribution >= 0.6 is 0 Å². The second-order valence-corrected chi connectivity index (χ2v) is 7.37. The Kier molecular flexibility index (Phi) is 4.00. The molecule has 2 saturated heterocycles. The molecule has 3 rings (SSSR count). The van der Waals surface area contributed by atoms with Crippen molar-refractivity contribution in [1.29, 1.82) is 0 Å². The Morgan fingerprint density at radius 1 is 1.33 bits per heavy atom. The smallest absolute Gasteiger partial charge is 0.243 e. The number of hydrogen-bond donors (Lipinski definition) is 2. The minimum atomic E-state index is -3.91. The summed E-state index contributed by atoms with van der Waals surface area (Å²) in [5, 5.41) is 9.08. The van der Waals surface area contributed by atoms with Crippen molar-refractivity contribution in [1.82, 2.24) is 9.62 Å². The van der Waals surface area contributed by atoms with E-state index in [0.29, 0.717) is 5.56 Å². The Morgan fingerprint density at radius 2 is 2.14 bits per heavy atom. The van der Waals surface area contributed by atoms with Crippen molar-refractivity contribution < 1.29 is 17.9 Å². The van der Waals surface area contributed by atoms with Gasteiger partial charge < -0.3 is 5.11 Å². The minimum Gasteiger partial charge on any atom is -0.392 e. The van der Waals surface area contributed by atoms with E-state index in [1.807, 2.05) is 0 Å². The maximum atomic E-state index is 13.8. The van der Waals surface area contributed by atoms with Crippen LogP contribution in [0.5, 0.6) is 0 Å². The molecule has 1 aromatic carbocycles. The van der Waals surface area contributed by atoms with E-state index in [9.17, 15) is 12.8 Å². The third kappa shape index (κ3) is 2.83. The van der Waals surface area contributed by atoms with Crippen LogP contribution < -0.4 is 4.72 Å². The van der Waals surface area contributed by atoms with Gasteiger partial charge in [-0.05, 0) is 43.5 Å². The van der Waals surface area contributed by atoms with Gasteiger partial charge >= 0.3 is 0 Å². The topological polar surface area (TPSA) is 69.6 Å². The van der Waals surface area contributed by atoms with Crippen molar-refractivity contribution in [3.8, 4) is 0 Å². The van der Waals surface area contributed by atoms with Gasteiger partial charge in [0.05, 0.1) is 6.61 Å². The molecule has 5 nitrogen and oxygen atoms in total. The van der Waals surface area contributed by atoms with Crippen molar-refractivity contribution in [2.45, 2.75) is 42.8 Å². The van der Waals surface area contributed by atoms with Gasteiger partial charge in [0, 0.05) is 18.6 Å². The van der Waals surface area contributed by atoms with Crippen molar-refractivity contribution in [3.05, 3.63) is 29.6 Å². The highest BCUT2D eigenvalue weighted by Gasteiger charge is 2.39. The Hall–Kier alpha value is -1.02. The van der Waals surface area contributed by atoms with Crippen LogP contribution in [0.2, 0.25) is 0 Å². The zero-order valence-electron chi connectivity index (χ0n) is 11.6. The average molecular weight is 314 g/mol. The summed E-state index contributed by atoms with van der Waals surface area (Å²) < 4.78 is 41.3. The Balaban J connectivity index is 1.84. The first kappa shape index (κ1) is 14.9. The molecule has 2 heterocycles. The predicted molar refractivity (Wildman–Crippen MR) is 75.6 cm³/mol. The van der Waals surface area contributed by atoms with Crippen LogP contribution in [0.15, 0.2) is 23.1 Å². The lowest BCUT2D eigenvalue weighted by atomic mass is 10.1. The van der Waals surface area contributed by atoms with E-state index in [4.69, 9.17) is 5.11 Å². The van der Waals surface area contributed by atoms with Crippen LogP contribution in [0.3, 0.4) is 0 Å². The zero-order chi connectivity index (χ0) is 15.0. The first-order chi connectivity index (χ1) is 10.0. The molecule has 21 heavy (non-hydrogen) atoms. The van der Waals surface area contributed by atoms with Gasteiger partial charge in [-0.25, -0.2) is 17.5 Å². The monoisotopic (exact) mass is 314 g/mol. The Morgan fingerprint density at radius 3 is 2.90 bits per heavy atom. The van der Waals surface area contributed by atoms with Crippen molar-refractivity contribution in [2.24, 2.45) is 0 Å².